The summed E-state index contributed by atoms with van der Waals surface area (Å²) in [5, 5.41) is 0. The van der Waals surface area contributed by atoms with Crippen LogP contribution in [0.1, 0.15) is 35.7 Å². The highest BCUT2D eigenvalue weighted by molar-refractivity contribution is 5.94. The Bertz CT molecular complexity index is 578. The average Bonchev–Trinajstić information content (AvgIpc) is 2.54. The number of piperidine rings is 1. The van der Waals surface area contributed by atoms with Crippen LogP contribution in [0, 0.1) is 5.92 Å². The lowest BCUT2D eigenvalue weighted by atomic mass is 9.96. The van der Waals surface area contributed by atoms with E-state index in [4.69, 9.17) is 4.74 Å². The number of hydrogen-bond donors (Lipinski definition) is 0. The van der Waals surface area contributed by atoms with Crippen LogP contribution in [0.3, 0.4) is 0 Å². The fourth-order valence-electron chi connectivity index (χ4n) is 2.59. The van der Waals surface area contributed by atoms with Gasteiger partial charge in [-0.25, -0.2) is 0 Å². The van der Waals surface area contributed by atoms with Gasteiger partial charge in [-0.15, -0.1) is 0 Å². The number of rotatable bonds is 3. The summed E-state index contributed by atoms with van der Waals surface area (Å²) in [4.78, 5) is 25.4. The minimum absolute atomic E-state index is 0.00871. The Labute approximate surface area is 132 Å². The van der Waals surface area contributed by atoms with Gasteiger partial charge in [0, 0.05) is 18.7 Å². The number of halogens is 3. The average molecular weight is 329 g/mol. The summed E-state index contributed by atoms with van der Waals surface area (Å²) in [7, 11) is 0. The molecule has 0 bridgehead atoms. The van der Waals surface area contributed by atoms with Crippen molar-refractivity contribution >= 4 is 11.9 Å². The van der Waals surface area contributed by atoms with Crippen LogP contribution >= 0.6 is 0 Å². The van der Waals surface area contributed by atoms with Crippen LogP contribution in [0.5, 0.6) is 0 Å². The number of hydrogen-bond acceptors (Lipinski definition) is 3. The second-order valence-corrected chi connectivity index (χ2v) is 5.40. The van der Waals surface area contributed by atoms with Crippen molar-refractivity contribution in [3.63, 3.8) is 0 Å². The molecule has 1 heterocycles. The van der Waals surface area contributed by atoms with Gasteiger partial charge in [0.1, 0.15) is 0 Å². The highest BCUT2D eigenvalue weighted by atomic mass is 19.4. The Morgan fingerprint density at radius 2 is 1.91 bits per heavy atom. The molecule has 1 aliphatic rings. The van der Waals surface area contributed by atoms with Crippen LogP contribution in [-0.2, 0) is 15.7 Å². The number of alkyl halides is 3. The SMILES string of the molecule is CCOC(=O)C1CCN(C(=O)c2cccc(C(F)(F)F)c2)CC1. The molecule has 23 heavy (non-hydrogen) atoms. The van der Waals surface area contributed by atoms with Crippen LogP contribution in [0.4, 0.5) is 13.2 Å². The summed E-state index contributed by atoms with van der Waals surface area (Å²) < 4.78 is 43.1. The highest BCUT2D eigenvalue weighted by Crippen LogP contribution is 2.30. The molecular formula is C16H18F3NO3. The van der Waals surface area contributed by atoms with Gasteiger partial charge in [-0.3, -0.25) is 9.59 Å². The maximum Gasteiger partial charge on any atom is 0.416 e. The zero-order valence-corrected chi connectivity index (χ0v) is 12.7. The minimum Gasteiger partial charge on any atom is -0.466 e. The van der Waals surface area contributed by atoms with Gasteiger partial charge in [0.05, 0.1) is 18.1 Å². The second-order valence-electron chi connectivity index (χ2n) is 5.40. The zero-order valence-electron chi connectivity index (χ0n) is 12.7. The first-order valence-electron chi connectivity index (χ1n) is 7.46. The second kappa shape index (κ2) is 7.02. The molecular weight excluding hydrogens is 311 g/mol. The van der Waals surface area contributed by atoms with Gasteiger partial charge in [-0.1, -0.05) is 6.07 Å². The number of nitrogens with zero attached hydrogens (tertiary/aromatic N) is 1. The molecule has 7 heteroatoms. The molecule has 1 amide bonds. The molecule has 0 atom stereocenters. The third-order valence-corrected chi connectivity index (χ3v) is 3.84. The largest absolute Gasteiger partial charge is 0.466 e. The molecule has 1 fully saturated rings. The van der Waals surface area contributed by atoms with E-state index in [2.05, 4.69) is 0 Å². The van der Waals surface area contributed by atoms with Gasteiger partial charge in [0.15, 0.2) is 0 Å². The first-order valence-corrected chi connectivity index (χ1v) is 7.46. The zero-order chi connectivity index (χ0) is 17.0. The molecule has 0 N–H and O–H groups in total. The van der Waals surface area contributed by atoms with Crippen molar-refractivity contribution in [3.8, 4) is 0 Å². The first kappa shape index (κ1) is 17.3. The summed E-state index contributed by atoms with van der Waals surface area (Å²) in [5.41, 5.74) is -0.834. The van der Waals surface area contributed by atoms with E-state index in [0.717, 1.165) is 12.1 Å². The predicted molar refractivity (Wildman–Crippen MR) is 76.7 cm³/mol. The maximum absolute atomic E-state index is 12.7. The molecule has 0 radical (unpaired) electrons. The van der Waals surface area contributed by atoms with Crippen molar-refractivity contribution in [1.29, 1.82) is 0 Å². The standard InChI is InChI=1S/C16H18F3NO3/c1-2-23-15(22)11-6-8-20(9-7-11)14(21)12-4-3-5-13(10-12)16(17,18)19/h3-5,10-11H,2,6-9H2,1H3. The van der Waals surface area contributed by atoms with Crippen LogP contribution in [0.25, 0.3) is 0 Å². The van der Waals surface area contributed by atoms with E-state index in [-0.39, 0.29) is 17.5 Å². The van der Waals surface area contributed by atoms with E-state index in [1.807, 2.05) is 0 Å². The quantitative estimate of drug-likeness (QED) is 0.801. The van der Waals surface area contributed by atoms with Gasteiger partial charge in [0.25, 0.3) is 5.91 Å². The lowest BCUT2D eigenvalue weighted by molar-refractivity contribution is -0.149. The number of carbonyl (C=O) groups excluding carboxylic acids is 2. The third kappa shape index (κ3) is 4.24. The van der Waals surface area contributed by atoms with Gasteiger partial charge in [-0.2, -0.15) is 13.2 Å². The van der Waals surface area contributed by atoms with Crippen LogP contribution in [-0.4, -0.2) is 36.5 Å². The van der Waals surface area contributed by atoms with Crippen LogP contribution in [0.2, 0.25) is 0 Å². The van der Waals surface area contributed by atoms with Crippen molar-refractivity contribution in [2.75, 3.05) is 19.7 Å². The molecule has 0 aromatic heterocycles. The van der Waals surface area contributed by atoms with E-state index in [0.29, 0.717) is 32.5 Å². The summed E-state index contributed by atoms with van der Waals surface area (Å²) in [6.45, 7) is 2.70. The van der Waals surface area contributed by atoms with Gasteiger partial charge in [0.2, 0.25) is 0 Å². The number of benzene rings is 1. The Morgan fingerprint density at radius 1 is 1.26 bits per heavy atom. The van der Waals surface area contributed by atoms with E-state index >= 15 is 0 Å². The van der Waals surface area contributed by atoms with Crippen molar-refractivity contribution in [3.05, 3.63) is 35.4 Å². The molecule has 1 saturated heterocycles. The first-order chi connectivity index (χ1) is 10.8. The molecule has 1 aromatic carbocycles. The monoisotopic (exact) mass is 329 g/mol. The summed E-state index contributed by atoms with van der Waals surface area (Å²) in [6.07, 6.45) is -3.56. The Kier molecular flexibility index (Phi) is 5.28. The summed E-state index contributed by atoms with van der Waals surface area (Å²) >= 11 is 0. The molecule has 2 rings (SSSR count). The van der Waals surface area contributed by atoms with Crippen LogP contribution in [0.15, 0.2) is 24.3 Å². The summed E-state index contributed by atoms with van der Waals surface area (Å²) in [6, 6.07) is 4.39. The van der Waals surface area contributed by atoms with Crippen molar-refractivity contribution in [1.82, 2.24) is 4.90 Å². The molecule has 0 spiro atoms. The fraction of sp³-hybridized carbons (Fsp3) is 0.500. The molecule has 4 nitrogen and oxygen atoms in total. The number of likely N-dealkylation sites (tertiary alicyclic amines) is 1. The van der Waals surface area contributed by atoms with Crippen LogP contribution < -0.4 is 0 Å². The van der Waals surface area contributed by atoms with Gasteiger partial charge < -0.3 is 9.64 Å². The number of carbonyl (C=O) groups is 2. The Hall–Kier alpha value is -2.05. The molecule has 0 saturated carbocycles. The molecule has 1 aliphatic heterocycles. The molecule has 0 unspecified atom stereocenters. The van der Waals surface area contributed by atoms with Crippen molar-refractivity contribution < 1.29 is 27.5 Å². The lowest BCUT2D eigenvalue weighted by Crippen LogP contribution is -2.40. The Morgan fingerprint density at radius 3 is 2.48 bits per heavy atom. The molecule has 0 aliphatic carbocycles. The van der Waals surface area contributed by atoms with E-state index in [1.54, 1.807) is 6.92 Å². The molecule has 1 aromatic rings. The normalized spacial score (nSPS) is 16.3. The Balaban J connectivity index is 2.02. The minimum atomic E-state index is -4.48. The van der Waals surface area contributed by atoms with E-state index in [1.165, 1.54) is 17.0 Å². The van der Waals surface area contributed by atoms with Gasteiger partial charge in [-0.05, 0) is 38.0 Å². The fourth-order valence-corrected chi connectivity index (χ4v) is 2.59. The highest BCUT2D eigenvalue weighted by Gasteiger charge is 2.32. The van der Waals surface area contributed by atoms with E-state index in [9.17, 15) is 22.8 Å². The predicted octanol–water partition coefficient (Wildman–Crippen LogP) is 3.12. The number of amides is 1. The van der Waals surface area contributed by atoms with E-state index < -0.39 is 17.6 Å². The number of ether oxygens (including phenoxy) is 1. The molecule has 126 valence electrons. The van der Waals surface area contributed by atoms with Gasteiger partial charge >= 0.3 is 12.1 Å². The lowest BCUT2D eigenvalue weighted by Gasteiger charge is -2.31. The topological polar surface area (TPSA) is 46.6 Å². The maximum atomic E-state index is 12.7. The third-order valence-electron chi connectivity index (χ3n) is 3.84. The number of esters is 1. The van der Waals surface area contributed by atoms with Crippen molar-refractivity contribution in [2.45, 2.75) is 25.9 Å². The van der Waals surface area contributed by atoms with Crippen molar-refractivity contribution in [2.24, 2.45) is 5.92 Å². The smallest absolute Gasteiger partial charge is 0.416 e. The summed E-state index contributed by atoms with van der Waals surface area (Å²) in [5.74, 6) is -0.974.